The van der Waals surface area contributed by atoms with E-state index in [2.05, 4.69) is 40.8 Å². The summed E-state index contributed by atoms with van der Waals surface area (Å²) in [6, 6.07) is 8.06. The van der Waals surface area contributed by atoms with Gasteiger partial charge >= 0.3 is 0 Å². The quantitative estimate of drug-likeness (QED) is 0.430. The maximum atomic E-state index is 10.7. The Morgan fingerprint density at radius 3 is 2.45 bits per heavy atom. The zero-order valence-corrected chi connectivity index (χ0v) is 14.5. The summed E-state index contributed by atoms with van der Waals surface area (Å²) in [5.41, 5.74) is 2.11. The highest BCUT2D eigenvalue weighted by Crippen LogP contribution is 2.37. The monoisotopic (exact) mass is 290 g/mol. The van der Waals surface area contributed by atoms with Crippen LogP contribution in [0.4, 0.5) is 0 Å². The summed E-state index contributed by atoms with van der Waals surface area (Å²) in [6.45, 7) is 13.2. The Balaban J connectivity index is 3.06. The van der Waals surface area contributed by atoms with Crippen molar-refractivity contribution in [2.24, 2.45) is 0 Å². The van der Waals surface area contributed by atoms with E-state index < -0.39 is 8.32 Å². The van der Waals surface area contributed by atoms with E-state index in [9.17, 15) is 4.79 Å². The second-order valence-corrected chi connectivity index (χ2v) is 11.3. The van der Waals surface area contributed by atoms with Gasteiger partial charge in [-0.1, -0.05) is 39.8 Å². The first-order chi connectivity index (χ1) is 9.21. The zero-order valence-electron chi connectivity index (χ0n) is 13.5. The van der Waals surface area contributed by atoms with Gasteiger partial charge in [-0.15, -0.1) is 0 Å². The molecular formula is C17H26O2Si. The van der Waals surface area contributed by atoms with Crippen molar-refractivity contribution in [2.75, 3.05) is 0 Å². The molecule has 0 spiro atoms. The zero-order chi connectivity index (χ0) is 15.4. The summed E-state index contributed by atoms with van der Waals surface area (Å²) in [5, 5.41) is 0.176. The normalized spacial score (nSPS) is 13.2. The van der Waals surface area contributed by atoms with Crippen molar-refractivity contribution in [3.63, 3.8) is 0 Å². The van der Waals surface area contributed by atoms with Gasteiger partial charge < -0.3 is 4.43 Å². The molecule has 0 aliphatic heterocycles. The molecule has 1 aromatic carbocycles. The van der Waals surface area contributed by atoms with Gasteiger partial charge in [0.25, 0.3) is 0 Å². The Morgan fingerprint density at radius 1 is 1.30 bits per heavy atom. The summed E-state index contributed by atoms with van der Waals surface area (Å²) in [4.78, 5) is 10.7. The second-order valence-electron chi connectivity index (χ2n) is 6.57. The van der Waals surface area contributed by atoms with Gasteiger partial charge in [0.1, 0.15) is 12.0 Å². The molecule has 2 nitrogen and oxygen atoms in total. The van der Waals surface area contributed by atoms with E-state index in [1.165, 1.54) is 0 Å². The Bertz CT molecular complexity index is 496. The highest BCUT2D eigenvalue weighted by molar-refractivity contribution is 6.74. The summed E-state index contributed by atoms with van der Waals surface area (Å²) < 4.78 is 6.30. The molecule has 110 valence electrons. The minimum atomic E-state index is -1.82. The fourth-order valence-electron chi connectivity index (χ4n) is 1.71. The highest BCUT2D eigenvalue weighted by atomic mass is 28.4. The third-order valence-electron chi connectivity index (χ3n) is 4.03. The van der Waals surface area contributed by atoms with Crippen LogP contribution in [0.1, 0.15) is 39.7 Å². The maximum Gasteiger partial charge on any atom is 0.250 e. The second kappa shape index (κ2) is 6.40. The third kappa shape index (κ3) is 4.07. The van der Waals surface area contributed by atoms with Crippen LogP contribution in [0.3, 0.4) is 0 Å². The van der Waals surface area contributed by atoms with E-state index >= 15 is 0 Å². The van der Waals surface area contributed by atoms with Crippen molar-refractivity contribution < 1.29 is 9.22 Å². The van der Waals surface area contributed by atoms with E-state index in [0.717, 1.165) is 29.6 Å². The molecule has 3 heteroatoms. The fraction of sp³-hybridized carbons (Fsp3) is 0.471. The maximum absolute atomic E-state index is 10.7. The molecule has 1 aromatic rings. The lowest BCUT2D eigenvalue weighted by atomic mass is 10.0. The van der Waals surface area contributed by atoms with Gasteiger partial charge in [-0.3, -0.25) is 4.79 Å². The van der Waals surface area contributed by atoms with Crippen LogP contribution in [0.25, 0.3) is 5.57 Å². The first-order valence-electron chi connectivity index (χ1n) is 7.15. The lowest BCUT2D eigenvalue weighted by Crippen LogP contribution is -2.43. The first kappa shape index (κ1) is 16.7. The van der Waals surface area contributed by atoms with Gasteiger partial charge in [-0.2, -0.15) is 0 Å². The highest BCUT2D eigenvalue weighted by Gasteiger charge is 2.38. The summed E-state index contributed by atoms with van der Waals surface area (Å²) in [5.74, 6) is 0.902. The number of hydrogen-bond acceptors (Lipinski definition) is 2. The fourth-order valence-corrected chi connectivity index (χ4v) is 2.73. The van der Waals surface area contributed by atoms with Crippen LogP contribution in [0, 0.1) is 0 Å². The van der Waals surface area contributed by atoms with Crippen LogP contribution >= 0.6 is 0 Å². The van der Waals surface area contributed by atoms with Crippen molar-refractivity contribution in [3.05, 3.63) is 35.9 Å². The molecule has 0 aromatic heterocycles. The van der Waals surface area contributed by atoms with E-state index in [1.807, 2.05) is 24.3 Å². The van der Waals surface area contributed by atoms with E-state index in [4.69, 9.17) is 4.43 Å². The number of aldehydes is 1. The van der Waals surface area contributed by atoms with Crippen molar-refractivity contribution >= 4 is 20.2 Å². The van der Waals surface area contributed by atoms with Crippen LogP contribution < -0.4 is 4.43 Å². The average molecular weight is 290 g/mol. The molecule has 0 radical (unpaired) electrons. The van der Waals surface area contributed by atoms with E-state index in [1.54, 1.807) is 6.08 Å². The van der Waals surface area contributed by atoms with Gasteiger partial charge in [-0.25, -0.2) is 0 Å². The van der Waals surface area contributed by atoms with Gasteiger partial charge in [0.05, 0.1) is 0 Å². The molecule has 0 fully saturated rings. The van der Waals surface area contributed by atoms with E-state index in [-0.39, 0.29) is 5.04 Å². The Labute approximate surface area is 124 Å². The van der Waals surface area contributed by atoms with Crippen LogP contribution in [0.2, 0.25) is 18.1 Å². The van der Waals surface area contributed by atoms with Crippen molar-refractivity contribution in [1.29, 1.82) is 0 Å². The number of hydrogen-bond donors (Lipinski definition) is 0. The minimum absolute atomic E-state index is 0.176. The Hall–Kier alpha value is -1.35. The molecule has 0 unspecified atom stereocenters. The van der Waals surface area contributed by atoms with Crippen LogP contribution in [-0.2, 0) is 4.79 Å². The number of allylic oxidation sites excluding steroid dienone is 2. The van der Waals surface area contributed by atoms with E-state index in [0.29, 0.717) is 0 Å². The molecular weight excluding hydrogens is 264 g/mol. The topological polar surface area (TPSA) is 26.3 Å². The van der Waals surface area contributed by atoms with Crippen molar-refractivity contribution in [2.45, 2.75) is 52.2 Å². The minimum Gasteiger partial charge on any atom is -0.543 e. The molecule has 20 heavy (non-hydrogen) atoms. The summed E-state index contributed by atoms with van der Waals surface area (Å²) in [7, 11) is -1.82. The molecule has 0 aliphatic rings. The molecule has 0 heterocycles. The number of carbonyl (C=O) groups excluding carboxylic acids is 1. The smallest absolute Gasteiger partial charge is 0.250 e. The molecule has 0 saturated carbocycles. The lowest BCUT2D eigenvalue weighted by Gasteiger charge is -2.36. The number of benzene rings is 1. The third-order valence-corrected chi connectivity index (χ3v) is 8.39. The predicted octanol–water partition coefficient (Wildman–Crippen LogP) is 5.06. The van der Waals surface area contributed by atoms with Gasteiger partial charge in [0.2, 0.25) is 8.32 Å². The Morgan fingerprint density at radius 2 is 1.95 bits per heavy atom. The van der Waals surface area contributed by atoms with Crippen molar-refractivity contribution in [3.8, 4) is 5.75 Å². The van der Waals surface area contributed by atoms with Gasteiger partial charge in [-0.05, 0) is 53.9 Å². The summed E-state index contributed by atoms with van der Waals surface area (Å²) >= 11 is 0. The summed E-state index contributed by atoms with van der Waals surface area (Å²) in [6.07, 6.45) is 3.31. The Kier molecular flexibility index (Phi) is 5.34. The van der Waals surface area contributed by atoms with Crippen LogP contribution in [0.15, 0.2) is 30.3 Å². The molecule has 0 amide bonds. The largest absolute Gasteiger partial charge is 0.543 e. The molecule has 0 N–H and O–H groups in total. The first-order valence-corrected chi connectivity index (χ1v) is 10.1. The number of rotatable bonds is 5. The SMILES string of the molecule is CC/C(=C\C=O)c1cccc(O[Si](C)(C)C(C)(C)C)c1. The van der Waals surface area contributed by atoms with Crippen LogP contribution in [-0.4, -0.2) is 14.6 Å². The molecule has 1 rings (SSSR count). The molecule has 0 bridgehead atoms. The lowest BCUT2D eigenvalue weighted by molar-refractivity contribution is -0.104. The van der Waals surface area contributed by atoms with Gasteiger partial charge in [0, 0.05) is 0 Å². The molecule has 0 atom stereocenters. The predicted molar refractivity (Wildman–Crippen MR) is 88.6 cm³/mol. The van der Waals surface area contributed by atoms with Crippen LogP contribution in [0.5, 0.6) is 5.75 Å². The molecule has 0 saturated heterocycles. The molecule has 0 aliphatic carbocycles. The standard InChI is InChI=1S/C17H26O2Si/c1-7-14(11-12-18)15-9-8-10-16(13-15)19-20(5,6)17(2,3)4/h8-13H,7H2,1-6H3/b14-11+. The number of carbonyl (C=O) groups is 1. The van der Waals surface area contributed by atoms with Crippen molar-refractivity contribution in [1.82, 2.24) is 0 Å². The average Bonchev–Trinajstić information content (AvgIpc) is 2.34. The van der Waals surface area contributed by atoms with Gasteiger partial charge in [0.15, 0.2) is 0 Å².